The van der Waals surface area contributed by atoms with Crippen molar-refractivity contribution in [1.82, 2.24) is 19.5 Å². The van der Waals surface area contributed by atoms with Gasteiger partial charge in [-0.1, -0.05) is 17.6 Å². The molecule has 2 aliphatic rings. The molecule has 2 radical (unpaired) electrons. The van der Waals surface area contributed by atoms with E-state index in [0.29, 0.717) is 35.7 Å². The summed E-state index contributed by atoms with van der Waals surface area (Å²) in [6.45, 7) is 1.40. The maximum atomic E-state index is 11.2. The van der Waals surface area contributed by atoms with Gasteiger partial charge in [-0.05, 0) is 36.4 Å². The molecule has 4 aromatic rings. The highest BCUT2D eigenvalue weighted by Crippen LogP contribution is 2.51. The lowest BCUT2D eigenvalue weighted by molar-refractivity contribution is -0.0204. The van der Waals surface area contributed by atoms with Crippen LogP contribution in [0.15, 0.2) is 42.9 Å². The number of aliphatic hydroxyl groups excluding tert-OH is 2. The molecule has 33 heavy (non-hydrogen) atoms. The highest BCUT2D eigenvalue weighted by atomic mass is 16.3. The number of nitrogens with zero attached hydrogens (tertiary/aromatic N) is 5. The number of rotatable bonds is 2. The minimum absolute atomic E-state index is 0.298. The Balaban J connectivity index is 1.30. The van der Waals surface area contributed by atoms with E-state index >= 15 is 0 Å². The first-order chi connectivity index (χ1) is 15.9. The smallest absolute Gasteiger partial charge is 0.145 e. The molecule has 1 aromatic carbocycles. The van der Waals surface area contributed by atoms with E-state index < -0.39 is 17.6 Å². The van der Waals surface area contributed by atoms with Gasteiger partial charge in [-0.3, -0.25) is 0 Å². The molecule has 1 spiro atoms. The van der Waals surface area contributed by atoms with E-state index in [0.717, 1.165) is 34.9 Å². The van der Waals surface area contributed by atoms with Gasteiger partial charge in [0, 0.05) is 30.4 Å². The van der Waals surface area contributed by atoms with Crippen molar-refractivity contribution >= 4 is 52.6 Å². The molecule has 1 aliphatic heterocycles. The Kier molecular flexibility index (Phi) is 4.34. The highest BCUT2D eigenvalue weighted by molar-refractivity contribution is 6.36. The van der Waals surface area contributed by atoms with Crippen LogP contribution in [0, 0.1) is 5.41 Å². The van der Waals surface area contributed by atoms with Crippen molar-refractivity contribution in [3.63, 3.8) is 0 Å². The van der Waals surface area contributed by atoms with E-state index in [1.54, 1.807) is 0 Å². The Hall–Kier alpha value is -3.37. The standard InChI is InChI=1S/C23H24BN7O2/c24-15-7-12-1-2-13(8-16(12)29-21(15)26)30-6-4-23(10-30)9-17(18(32)19(23)33)31-5-3-14-20(25)27-11-28-22(14)31/h1-3,5,7-8,11,17-19,32-33H,4,6,9-10H2,(H2,26,29)(H2,25,27,28)/t17-,18+,19+,23-/m1/s1. The Morgan fingerprint density at radius 3 is 2.79 bits per heavy atom. The van der Waals surface area contributed by atoms with E-state index in [1.807, 2.05) is 41.1 Å². The van der Waals surface area contributed by atoms with Gasteiger partial charge in [0.2, 0.25) is 0 Å². The summed E-state index contributed by atoms with van der Waals surface area (Å²) in [4.78, 5) is 15.1. The number of hydrogen-bond acceptors (Lipinski definition) is 8. The Morgan fingerprint density at radius 2 is 1.94 bits per heavy atom. The van der Waals surface area contributed by atoms with Crippen LogP contribution >= 0.6 is 0 Å². The summed E-state index contributed by atoms with van der Waals surface area (Å²) >= 11 is 0. The van der Waals surface area contributed by atoms with Gasteiger partial charge in [-0.25, -0.2) is 15.0 Å². The number of hydrogen-bond donors (Lipinski definition) is 4. The zero-order valence-corrected chi connectivity index (χ0v) is 18.0. The molecule has 1 aliphatic carbocycles. The van der Waals surface area contributed by atoms with Crippen LogP contribution < -0.4 is 21.8 Å². The lowest BCUT2D eigenvalue weighted by atomic mass is 9.83. The molecule has 6 rings (SSSR count). The fraction of sp³-hybridized carbons (Fsp3) is 0.348. The van der Waals surface area contributed by atoms with Gasteiger partial charge in [-0.15, -0.1) is 0 Å². The van der Waals surface area contributed by atoms with Crippen LogP contribution in [0.25, 0.3) is 21.9 Å². The van der Waals surface area contributed by atoms with Crippen LogP contribution in [-0.4, -0.2) is 62.9 Å². The van der Waals surface area contributed by atoms with Crippen LogP contribution in [-0.2, 0) is 0 Å². The summed E-state index contributed by atoms with van der Waals surface area (Å²) in [6.07, 6.45) is 2.94. The molecule has 4 atom stereocenters. The van der Waals surface area contributed by atoms with Gasteiger partial charge in [-0.2, -0.15) is 0 Å². The fourth-order valence-corrected chi connectivity index (χ4v) is 5.66. The topological polar surface area (TPSA) is 139 Å². The van der Waals surface area contributed by atoms with Crippen LogP contribution in [0.2, 0.25) is 0 Å². The Morgan fingerprint density at radius 1 is 1.09 bits per heavy atom. The molecular formula is C23H24BN7O2. The van der Waals surface area contributed by atoms with Crippen molar-refractivity contribution in [3.05, 3.63) is 42.9 Å². The van der Waals surface area contributed by atoms with Crippen LogP contribution in [0.5, 0.6) is 0 Å². The quantitative estimate of drug-likeness (QED) is 0.330. The summed E-state index contributed by atoms with van der Waals surface area (Å²) in [5.41, 5.74) is 14.4. The summed E-state index contributed by atoms with van der Waals surface area (Å²) in [5, 5.41) is 23.9. The summed E-state index contributed by atoms with van der Waals surface area (Å²) < 4.78 is 1.92. The fourth-order valence-electron chi connectivity index (χ4n) is 5.66. The molecule has 4 heterocycles. The summed E-state index contributed by atoms with van der Waals surface area (Å²) in [5.74, 6) is 0.721. The van der Waals surface area contributed by atoms with Gasteiger partial charge >= 0.3 is 0 Å². The molecule has 9 nitrogen and oxygen atoms in total. The second-order valence-electron chi connectivity index (χ2n) is 9.30. The molecule has 6 N–H and O–H groups in total. The number of pyridine rings is 1. The molecule has 1 saturated carbocycles. The molecule has 166 valence electrons. The average Bonchev–Trinajstić information content (AvgIpc) is 3.48. The maximum Gasteiger partial charge on any atom is 0.145 e. The molecule has 2 fully saturated rings. The molecule has 0 bridgehead atoms. The number of aliphatic hydroxyl groups is 2. The van der Waals surface area contributed by atoms with Crippen molar-refractivity contribution in [3.8, 4) is 0 Å². The number of nitrogens with two attached hydrogens (primary N) is 2. The van der Waals surface area contributed by atoms with Crippen molar-refractivity contribution in [2.24, 2.45) is 5.41 Å². The zero-order chi connectivity index (χ0) is 22.9. The Bertz CT molecular complexity index is 1390. The SMILES string of the molecule is [B]c1cc2ccc(N3CC[C@@]4(C[C@@H](n5ccc6c(N)ncnc65)[C@H](O)[C@@H]4O)C3)cc2nc1N. The number of benzene rings is 1. The first-order valence-electron chi connectivity index (χ1n) is 11.0. The van der Waals surface area contributed by atoms with E-state index in [4.69, 9.17) is 19.3 Å². The predicted octanol–water partition coefficient (Wildman–Crippen LogP) is 0.501. The third-order valence-corrected chi connectivity index (χ3v) is 7.47. The van der Waals surface area contributed by atoms with E-state index in [9.17, 15) is 10.2 Å². The second kappa shape index (κ2) is 7.07. The van der Waals surface area contributed by atoms with Gasteiger partial charge in [0.15, 0.2) is 0 Å². The van der Waals surface area contributed by atoms with E-state index in [-0.39, 0.29) is 6.04 Å². The predicted molar refractivity (Wildman–Crippen MR) is 128 cm³/mol. The van der Waals surface area contributed by atoms with Gasteiger partial charge in [0.25, 0.3) is 0 Å². The van der Waals surface area contributed by atoms with Gasteiger partial charge < -0.3 is 31.1 Å². The first kappa shape index (κ1) is 20.3. The van der Waals surface area contributed by atoms with Crippen molar-refractivity contribution in [1.29, 1.82) is 0 Å². The minimum atomic E-state index is -0.905. The summed E-state index contributed by atoms with van der Waals surface area (Å²) in [6, 6.07) is 9.40. The second-order valence-corrected chi connectivity index (χ2v) is 9.30. The van der Waals surface area contributed by atoms with Crippen LogP contribution in [0.3, 0.4) is 0 Å². The number of aromatic nitrogens is 4. The molecular weight excluding hydrogens is 417 g/mol. The van der Waals surface area contributed by atoms with Crippen molar-refractivity contribution in [2.75, 3.05) is 29.5 Å². The molecule has 3 aromatic heterocycles. The third-order valence-electron chi connectivity index (χ3n) is 7.47. The van der Waals surface area contributed by atoms with Gasteiger partial charge in [0.1, 0.15) is 37.6 Å². The highest BCUT2D eigenvalue weighted by Gasteiger charge is 2.56. The van der Waals surface area contributed by atoms with Crippen molar-refractivity contribution in [2.45, 2.75) is 31.1 Å². The molecule has 0 unspecified atom stereocenters. The monoisotopic (exact) mass is 441 g/mol. The largest absolute Gasteiger partial charge is 0.390 e. The first-order valence-corrected chi connectivity index (χ1v) is 11.0. The average molecular weight is 441 g/mol. The van der Waals surface area contributed by atoms with Crippen molar-refractivity contribution < 1.29 is 10.2 Å². The lowest BCUT2D eigenvalue weighted by Gasteiger charge is -2.29. The maximum absolute atomic E-state index is 11.2. The molecule has 10 heteroatoms. The lowest BCUT2D eigenvalue weighted by Crippen LogP contribution is -2.38. The summed E-state index contributed by atoms with van der Waals surface area (Å²) in [7, 11) is 5.88. The van der Waals surface area contributed by atoms with Gasteiger partial charge in [0.05, 0.1) is 23.0 Å². The zero-order valence-electron chi connectivity index (χ0n) is 18.0. The Labute approximate surface area is 191 Å². The molecule has 1 saturated heterocycles. The van der Waals surface area contributed by atoms with Crippen LogP contribution in [0.1, 0.15) is 18.9 Å². The number of nitrogen functional groups attached to an aromatic ring is 2. The number of fused-ring (bicyclic) bond motifs is 2. The van der Waals surface area contributed by atoms with E-state index in [2.05, 4.69) is 19.9 Å². The third kappa shape index (κ3) is 2.97. The van der Waals surface area contributed by atoms with E-state index in [1.165, 1.54) is 6.33 Å². The normalized spacial score (nSPS) is 27.3. The van der Waals surface area contributed by atoms with Crippen LogP contribution in [0.4, 0.5) is 17.3 Å². The minimum Gasteiger partial charge on any atom is -0.390 e. The molecule has 0 amide bonds. The number of anilines is 3.